The minimum absolute atomic E-state index is 0.566. The molecule has 1 heteroatoms. The SMILES string of the molecule is CN1[C@H](c2ccccc2)CC[C@H]1c1ccccc1. The largest absolute Gasteiger partial charge is 0.292 e. The summed E-state index contributed by atoms with van der Waals surface area (Å²) in [7, 11) is 2.25. The number of hydrogen-bond donors (Lipinski definition) is 0. The highest BCUT2D eigenvalue weighted by atomic mass is 15.2. The van der Waals surface area contributed by atoms with Crippen LogP contribution in [0.2, 0.25) is 0 Å². The van der Waals surface area contributed by atoms with Crippen molar-refractivity contribution in [2.75, 3.05) is 7.05 Å². The highest BCUT2D eigenvalue weighted by Crippen LogP contribution is 2.42. The van der Waals surface area contributed by atoms with Crippen LogP contribution in [0, 0.1) is 0 Å². The van der Waals surface area contributed by atoms with Crippen molar-refractivity contribution in [2.45, 2.75) is 24.9 Å². The molecule has 0 spiro atoms. The smallest absolute Gasteiger partial charge is 0.0351 e. The van der Waals surface area contributed by atoms with E-state index < -0.39 is 0 Å². The number of rotatable bonds is 2. The maximum atomic E-state index is 2.52. The first-order chi connectivity index (χ1) is 8.86. The molecule has 0 aliphatic carbocycles. The Morgan fingerprint density at radius 2 is 1.11 bits per heavy atom. The van der Waals surface area contributed by atoms with E-state index in [0.29, 0.717) is 12.1 Å². The van der Waals surface area contributed by atoms with Gasteiger partial charge >= 0.3 is 0 Å². The van der Waals surface area contributed by atoms with Gasteiger partial charge in [0.05, 0.1) is 0 Å². The van der Waals surface area contributed by atoms with Crippen molar-refractivity contribution in [1.82, 2.24) is 4.90 Å². The summed E-state index contributed by atoms with van der Waals surface area (Å²) in [6.07, 6.45) is 2.50. The van der Waals surface area contributed by atoms with Crippen LogP contribution in [0.5, 0.6) is 0 Å². The first kappa shape index (κ1) is 11.5. The van der Waals surface area contributed by atoms with Crippen LogP contribution in [0.15, 0.2) is 60.7 Å². The van der Waals surface area contributed by atoms with Crippen molar-refractivity contribution in [3.05, 3.63) is 71.8 Å². The molecule has 18 heavy (non-hydrogen) atoms. The molecule has 92 valence electrons. The zero-order chi connectivity index (χ0) is 12.4. The summed E-state index contributed by atoms with van der Waals surface area (Å²) in [5.74, 6) is 0. The Morgan fingerprint density at radius 1 is 0.722 bits per heavy atom. The summed E-state index contributed by atoms with van der Waals surface area (Å²) in [6, 6.07) is 22.8. The molecule has 2 aromatic rings. The van der Waals surface area contributed by atoms with Crippen LogP contribution in [0.25, 0.3) is 0 Å². The maximum absolute atomic E-state index is 2.52. The third kappa shape index (κ3) is 2.06. The zero-order valence-electron chi connectivity index (χ0n) is 10.8. The normalized spacial score (nSPS) is 24.3. The maximum Gasteiger partial charge on any atom is 0.0351 e. The van der Waals surface area contributed by atoms with Crippen molar-refractivity contribution in [3.63, 3.8) is 0 Å². The molecule has 0 radical (unpaired) electrons. The van der Waals surface area contributed by atoms with Gasteiger partial charge in [-0.25, -0.2) is 0 Å². The lowest BCUT2D eigenvalue weighted by atomic mass is 10.0. The Morgan fingerprint density at radius 3 is 1.50 bits per heavy atom. The topological polar surface area (TPSA) is 3.24 Å². The predicted molar refractivity (Wildman–Crippen MR) is 75.4 cm³/mol. The van der Waals surface area contributed by atoms with Gasteiger partial charge in [0, 0.05) is 12.1 Å². The molecule has 1 aliphatic heterocycles. The molecule has 1 nitrogen and oxygen atoms in total. The Hall–Kier alpha value is -1.60. The number of nitrogens with zero attached hydrogens (tertiary/aromatic N) is 1. The summed E-state index contributed by atoms with van der Waals surface area (Å²) < 4.78 is 0. The molecular weight excluding hydrogens is 218 g/mol. The van der Waals surface area contributed by atoms with E-state index in [1.807, 2.05) is 0 Å². The van der Waals surface area contributed by atoms with Crippen molar-refractivity contribution in [3.8, 4) is 0 Å². The van der Waals surface area contributed by atoms with E-state index >= 15 is 0 Å². The number of hydrogen-bond acceptors (Lipinski definition) is 1. The van der Waals surface area contributed by atoms with Gasteiger partial charge in [-0.3, -0.25) is 4.90 Å². The minimum Gasteiger partial charge on any atom is -0.292 e. The number of likely N-dealkylation sites (tertiary alicyclic amines) is 1. The van der Waals surface area contributed by atoms with Gasteiger partial charge in [-0.1, -0.05) is 60.7 Å². The molecule has 0 amide bonds. The molecule has 0 N–H and O–H groups in total. The van der Waals surface area contributed by atoms with Crippen LogP contribution in [0.1, 0.15) is 36.1 Å². The van der Waals surface area contributed by atoms with Crippen molar-refractivity contribution in [1.29, 1.82) is 0 Å². The lowest BCUT2D eigenvalue weighted by Crippen LogP contribution is -2.21. The molecule has 2 atom stereocenters. The van der Waals surface area contributed by atoms with Gasteiger partial charge < -0.3 is 0 Å². The van der Waals surface area contributed by atoms with E-state index in [-0.39, 0.29) is 0 Å². The van der Waals surface area contributed by atoms with Gasteiger partial charge in [0.1, 0.15) is 0 Å². The Balaban J connectivity index is 1.83. The quantitative estimate of drug-likeness (QED) is 0.757. The highest BCUT2D eigenvalue weighted by Gasteiger charge is 2.31. The molecule has 1 heterocycles. The first-order valence-corrected chi connectivity index (χ1v) is 6.68. The van der Waals surface area contributed by atoms with E-state index in [2.05, 4.69) is 72.6 Å². The van der Waals surface area contributed by atoms with Crippen LogP contribution < -0.4 is 0 Å². The summed E-state index contributed by atoms with van der Waals surface area (Å²) in [6.45, 7) is 0. The van der Waals surface area contributed by atoms with E-state index in [9.17, 15) is 0 Å². The van der Waals surface area contributed by atoms with Gasteiger partial charge in [-0.05, 0) is 31.0 Å². The fourth-order valence-electron chi connectivity index (χ4n) is 3.09. The average molecular weight is 237 g/mol. The second-order valence-electron chi connectivity index (χ2n) is 5.10. The molecule has 0 saturated carbocycles. The molecule has 0 aromatic heterocycles. The lowest BCUT2D eigenvalue weighted by Gasteiger charge is -2.26. The lowest BCUT2D eigenvalue weighted by molar-refractivity contribution is 0.246. The first-order valence-electron chi connectivity index (χ1n) is 6.68. The summed E-state index contributed by atoms with van der Waals surface area (Å²) >= 11 is 0. The van der Waals surface area contributed by atoms with Gasteiger partial charge in [0.15, 0.2) is 0 Å². The van der Waals surface area contributed by atoms with Crippen LogP contribution in [0.3, 0.4) is 0 Å². The van der Waals surface area contributed by atoms with Gasteiger partial charge in [0.25, 0.3) is 0 Å². The van der Waals surface area contributed by atoms with Crippen LogP contribution in [-0.2, 0) is 0 Å². The van der Waals surface area contributed by atoms with E-state index in [1.165, 1.54) is 24.0 Å². The molecule has 1 aliphatic rings. The summed E-state index contributed by atoms with van der Waals surface area (Å²) in [4.78, 5) is 2.52. The molecule has 1 fully saturated rings. The van der Waals surface area contributed by atoms with Gasteiger partial charge in [0.2, 0.25) is 0 Å². The molecule has 2 aromatic carbocycles. The Labute approximate surface area is 109 Å². The fraction of sp³-hybridized carbons (Fsp3) is 0.294. The third-order valence-corrected chi connectivity index (χ3v) is 4.07. The summed E-state index contributed by atoms with van der Waals surface area (Å²) in [5.41, 5.74) is 2.89. The molecule has 1 saturated heterocycles. The molecule has 0 bridgehead atoms. The average Bonchev–Trinajstić information content (AvgIpc) is 2.83. The van der Waals surface area contributed by atoms with Gasteiger partial charge in [-0.2, -0.15) is 0 Å². The predicted octanol–water partition coefficient (Wildman–Crippen LogP) is 4.19. The molecule has 3 rings (SSSR count). The van der Waals surface area contributed by atoms with Crippen molar-refractivity contribution in [2.24, 2.45) is 0 Å². The molecular formula is C17H19N. The Kier molecular flexibility index (Phi) is 3.16. The van der Waals surface area contributed by atoms with E-state index in [0.717, 1.165) is 0 Å². The van der Waals surface area contributed by atoms with Crippen molar-refractivity contribution < 1.29 is 0 Å². The molecule has 0 unspecified atom stereocenters. The van der Waals surface area contributed by atoms with Gasteiger partial charge in [-0.15, -0.1) is 0 Å². The van der Waals surface area contributed by atoms with Crippen LogP contribution in [-0.4, -0.2) is 11.9 Å². The van der Waals surface area contributed by atoms with Crippen LogP contribution >= 0.6 is 0 Å². The second kappa shape index (κ2) is 4.95. The number of benzene rings is 2. The van der Waals surface area contributed by atoms with Crippen molar-refractivity contribution >= 4 is 0 Å². The fourth-order valence-corrected chi connectivity index (χ4v) is 3.09. The minimum atomic E-state index is 0.566. The second-order valence-corrected chi connectivity index (χ2v) is 5.10. The third-order valence-electron chi connectivity index (χ3n) is 4.07. The summed E-state index contributed by atoms with van der Waals surface area (Å²) in [5, 5.41) is 0. The highest BCUT2D eigenvalue weighted by molar-refractivity contribution is 5.25. The van der Waals surface area contributed by atoms with E-state index in [1.54, 1.807) is 0 Å². The standard InChI is InChI=1S/C17H19N/c1-18-16(14-8-4-2-5-9-14)12-13-17(18)15-10-6-3-7-11-15/h2-11,16-17H,12-13H2,1H3/t16-,17-/m0/s1. The van der Waals surface area contributed by atoms with E-state index in [4.69, 9.17) is 0 Å². The van der Waals surface area contributed by atoms with Crippen LogP contribution in [0.4, 0.5) is 0 Å². The zero-order valence-corrected chi connectivity index (χ0v) is 10.8. The monoisotopic (exact) mass is 237 g/mol. The Bertz CT molecular complexity index is 444.